The van der Waals surface area contributed by atoms with E-state index < -0.39 is 10.0 Å². The highest BCUT2D eigenvalue weighted by atomic mass is 32.2. The van der Waals surface area contributed by atoms with Crippen LogP contribution >= 0.6 is 0 Å². The van der Waals surface area contributed by atoms with Crippen molar-refractivity contribution in [3.05, 3.63) is 29.8 Å². The van der Waals surface area contributed by atoms with Crippen molar-refractivity contribution in [1.29, 1.82) is 0 Å². The van der Waals surface area contributed by atoms with Gasteiger partial charge in [0.2, 0.25) is 21.8 Å². The van der Waals surface area contributed by atoms with E-state index in [9.17, 15) is 18.0 Å². The van der Waals surface area contributed by atoms with Crippen LogP contribution in [0.4, 0.5) is 0 Å². The maximum absolute atomic E-state index is 12.7. The zero-order valence-corrected chi connectivity index (χ0v) is 20.2. The molecule has 2 amide bonds. The van der Waals surface area contributed by atoms with E-state index in [1.807, 2.05) is 6.92 Å². The molecule has 2 fully saturated rings. The second kappa shape index (κ2) is 12.5. The molecular formula is C23H36N4O5S. The number of likely N-dealkylation sites (tertiary alicyclic amines) is 1. The van der Waals surface area contributed by atoms with E-state index >= 15 is 0 Å². The van der Waals surface area contributed by atoms with E-state index in [4.69, 9.17) is 4.74 Å². The predicted molar refractivity (Wildman–Crippen MR) is 125 cm³/mol. The van der Waals surface area contributed by atoms with Gasteiger partial charge in [0, 0.05) is 39.1 Å². The van der Waals surface area contributed by atoms with Crippen molar-refractivity contribution in [2.75, 3.05) is 52.5 Å². The Morgan fingerprint density at radius 2 is 1.79 bits per heavy atom. The number of hydrogen-bond acceptors (Lipinski definition) is 6. The van der Waals surface area contributed by atoms with Gasteiger partial charge in [-0.25, -0.2) is 8.42 Å². The zero-order chi connectivity index (χ0) is 23.7. The van der Waals surface area contributed by atoms with Gasteiger partial charge in [-0.2, -0.15) is 4.31 Å². The van der Waals surface area contributed by atoms with Gasteiger partial charge in [-0.05, 0) is 49.4 Å². The van der Waals surface area contributed by atoms with E-state index in [0.717, 1.165) is 37.9 Å². The number of morpholine rings is 1. The molecule has 1 aromatic rings. The third-order valence-corrected chi connectivity index (χ3v) is 7.97. The third kappa shape index (κ3) is 7.77. The summed E-state index contributed by atoms with van der Waals surface area (Å²) < 4.78 is 32.1. The number of sulfonamides is 1. The van der Waals surface area contributed by atoms with Gasteiger partial charge < -0.3 is 15.4 Å². The normalized spacial score (nSPS) is 20.3. The summed E-state index contributed by atoms with van der Waals surface area (Å²) in [5.41, 5.74) is 0.847. The molecule has 0 spiro atoms. The Kier molecular flexibility index (Phi) is 9.66. The smallest absolute Gasteiger partial charge is 0.243 e. The standard InChI is InChI=1S/C23H36N4O5S/c1-2-4-22(28)24-16-20-5-3-10-26(17-20)18-23(29)25-15-19-6-8-21(9-7-19)33(30,31)27-11-13-32-14-12-27/h6-9,20H,2-5,10-18H2,1H3,(H,24,28)(H,25,29). The molecule has 0 aromatic heterocycles. The summed E-state index contributed by atoms with van der Waals surface area (Å²) in [5.74, 6) is 0.403. The van der Waals surface area contributed by atoms with Crippen molar-refractivity contribution in [1.82, 2.24) is 19.8 Å². The number of nitrogens with zero attached hydrogens (tertiary/aromatic N) is 2. The van der Waals surface area contributed by atoms with E-state index in [2.05, 4.69) is 15.5 Å². The van der Waals surface area contributed by atoms with Crippen molar-refractivity contribution >= 4 is 21.8 Å². The highest BCUT2D eigenvalue weighted by Crippen LogP contribution is 2.18. The SMILES string of the molecule is CCCC(=O)NCC1CCCN(CC(=O)NCc2ccc(S(=O)(=O)N3CCOCC3)cc2)C1. The average Bonchev–Trinajstić information content (AvgIpc) is 2.83. The molecule has 2 aliphatic rings. The molecule has 2 saturated heterocycles. The summed E-state index contributed by atoms with van der Waals surface area (Å²) in [6.07, 6.45) is 3.47. The van der Waals surface area contributed by atoms with Crippen LogP contribution in [0.1, 0.15) is 38.2 Å². The summed E-state index contributed by atoms with van der Waals surface area (Å²) in [6, 6.07) is 6.66. The van der Waals surface area contributed by atoms with Crippen molar-refractivity contribution < 1.29 is 22.7 Å². The molecule has 0 bridgehead atoms. The molecule has 184 valence electrons. The Morgan fingerprint density at radius 3 is 2.48 bits per heavy atom. The highest BCUT2D eigenvalue weighted by Gasteiger charge is 2.26. The van der Waals surface area contributed by atoms with Crippen LogP contribution in [-0.4, -0.2) is 81.9 Å². The van der Waals surface area contributed by atoms with Gasteiger partial charge in [-0.1, -0.05) is 19.1 Å². The van der Waals surface area contributed by atoms with Crippen LogP contribution in [0.15, 0.2) is 29.2 Å². The Balaban J connectivity index is 1.42. The molecule has 1 unspecified atom stereocenters. The molecule has 2 aliphatic heterocycles. The molecule has 9 nitrogen and oxygen atoms in total. The summed E-state index contributed by atoms with van der Waals surface area (Å²) in [4.78, 5) is 26.5. The summed E-state index contributed by atoms with van der Waals surface area (Å²) in [5, 5.41) is 5.91. The van der Waals surface area contributed by atoms with Crippen molar-refractivity contribution in [2.24, 2.45) is 5.92 Å². The number of carbonyl (C=O) groups is 2. The van der Waals surface area contributed by atoms with Gasteiger partial charge in [0.15, 0.2) is 0 Å². The number of nitrogens with one attached hydrogen (secondary N) is 2. The van der Waals surface area contributed by atoms with Crippen molar-refractivity contribution in [2.45, 2.75) is 44.0 Å². The number of rotatable bonds is 10. The van der Waals surface area contributed by atoms with Crippen LogP contribution in [0.3, 0.4) is 0 Å². The monoisotopic (exact) mass is 480 g/mol. The van der Waals surface area contributed by atoms with Gasteiger partial charge in [0.25, 0.3) is 0 Å². The van der Waals surface area contributed by atoms with E-state index in [0.29, 0.717) is 58.3 Å². The maximum Gasteiger partial charge on any atom is 0.243 e. The lowest BCUT2D eigenvalue weighted by Crippen LogP contribution is -2.45. The van der Waals surface area contributed by atoms with Crippen LogP contribution in [0.2, 0.25) is 0 Å². The van der Waals surface area contributed by atoms with E-state index in [1.165, 1.54) is 4.31 Å². The Bertz CT molecular complexity index is 885. The average molecular weight is 481 g/mol. The van der Waals surface area contributed by atoms with E-state index in [-0.39, 0.29) is 16.7 Å². The van der Waals surface area contributed by atoms with Crippen LogP contribution in [-0.2, 0) is 30.9 Å². The number of amides is 2. The van der Waals surface area contributed by atoms with Gasteiger partial charge in [0.05, 0.1) is 24.7 Å². The van der Waals surface area contributed by atoms with Crippen LogP contribution in [0.5, 0.6) is 0 Å². The fraction of sp³-hybridized carbons (Fsp3) is 0.652. The lowest BCUT2D eigenvalue weighted by atomic mass is 9.98. The lowest BCUT2D eigenvalue weighted by molar-refractivity contribution is -0.123. The Morgan fingerprint density at radius 1 is 1.06 bits per heavy atom. The van der Waals surface area contributed by atoms with Gasteiger partial charge in [-0.3, -0.25) is 14.5 Å². The molecule has 3 rings (SSSR count). The molecule has 2 heterocycles. The van der Waals surface area contributed by atoms with Crippen LogP contribution in [0.25, 0.3) is 0 Å². The number of benzene rings is 1. The fourth-order valence-corrected chi connectivity index (χ4v) is 5.62. The first kappa shape index (κ1) is 25.6. The minimum Gasteiger partial charge on any atom is -0.379 e. The molecule has 0 aliphatic carbocycles. The Hall–Kier alpha value is -2.01. The summed E-state index contributed by atoms with van der Waals surface area (Å²) in [6.45, 7) is 6.55. The minimum absolute atomic E-state index is 0.0596. The summed E-state index contributed by atoms with van der Waals surface area (Å²) in [7, 11) is -3.52. The zero-order valence-electron chi connectivity index (χ0n) is 19.4. The first-order valence-electron chi connectivity index (χ1n) is 11.8. The quantitative estimate of drug-likeness (QED) is 0.516. The van der Waals surface area contributed by atoms with E-state index in [1.54, 1.807) is 24.3 Å². The summed E-state index contributed by atoms with van der Waals surface area (Å²) >= 11 is 0. The Labute approximate surface area is 196 Å². The second-order valence-corrected chi connectivity index (χ2v) is 10.7. The molecule has 1 aromatic carbocycles. The first-order chi connectivity index (χ1) is 15.9. The first-order valence-corrected chi connectivity index (χ1v) is 13.2. The molecule has 10 heteroatoms. The number of carbonyl (C=O) groups excluding carboxylic acids is 2. The van der Waals surface area contributed by atoms with Crippen LogP contribution < -0.4 is 10.6 Å². The van der Waals surface area contributed by atoms with Crippen molar-refractivity contribution in [3.8, 4) is 0 Å². The fourth-order valence-electron chi connectivity index (χ4n) is 4.21. The molecular weight excluding hydrogens is 444 g/mol. The number of ether oxygens (including phenoxy) is 1. The lowest BCUT2D eigenvalue weighted by Gasteiger charge is -2.32. The molecule has 33 heavy (non-hydrogen) atoms. The molecule has 1 atom stereocenters. The number of hydrogen-bond donors (Lipinski definition) is 2. The van der Waals surface area contributed by atoms with Gasteiger partial charge in [0.1, 0.15) is 0 Å². The van der Waals surface area contributed by atoms with Gasteiger partial charge in [-0.15, -0.1) is 0 Å². The van der Waals surface area contributed by atoms with Gasteiger partial charge >= 0.3 is 0 Å². The number of piperidine rings is 1. The maximum atomic E-state index is 12.7. The topological polar surface area (TPSA) is 108 Å². The third-order valence-electron chi connectivity index (χ3n) is 6.06. The molecule has 0 radical (unpaired) electrons. The largest absolute Gasteiger partial charge is 0.379 e. The second-order valence-electron chi connectivity index (χ2n) is 8.73. The molecule has 0 saturated carbocycles. The minimum atomic E-state index is -3.52. The molecule has 2 N–H and O–H groups in total. The highest BCUT2D eigenvalue weighted by molar-refractivity contribution is 7.89. The predicted octanol–water partition coefficient (Wildman–Crippen LogP) is 0.952. The van der Waals surface area contributed by atoms with Crippen molar-refractivity contribution in [3.63, 3.8) is 0 Å². The van der Waals surface area contributed by atoms with Crippen LogP contribution in [0, 0.1) is 5.92 Å².